The lowest BCUT2D eigenvalue weighted by molar-refractivity contribution is -0.114. The number of urea groups is 1. The first-order valence-corrected chi connectivity index (χ1v) is 10.6. The molecule has 2 amide bonds. The molecule has 1 heterocycles. The first-order chi connectivity index (χ1) is 14.1. The average molecular weight is 487 g/mol. The lowest BCUT2D eigenvalue weighted by Crippen LogP contribution is -2.54. The number of anilines is 1. The lowest BCUT2D eigenvalue weighted by Gasteiger charge is -2.34. The molecule has 1 atom stereocenters. The molecule has 6 nitrogen and oxygen atoms in total. The highest BCUT2D eigenvalue weighted by molar-refractivity contribution is 8.24. The minimum absolute atomic E-state index is 0.0746. The van der Waals surface area contributed by atoms with Crippen molar-refractivity contribution in [1.29, 1.82) is 0 Å². The van der Waals surface area contributed by atoms with Crippen LogP contribution in [0.15, 0.2) is 47.6 Å². The second kappa shape index (κ2) is 9.07. The molecule has 30 heavy (non-hydrogen) atoms. The Balaban J connectivity index is 1.85. The van der Waals surface area contributed by atoms with Crippen molar-refractivity contribution in [2.45, 2.75) is 24.8 Å². The minimum Gasteiger partial charge on any atom is -0.306 e. The third-order valence-corrected chi connectivity index (χ3v) is 6.35. The number of carbonyl (C=O) groups is 1. The summed E-state index contributed by atoms with van der Waals surface area (Å²) in [5.74, 6) is -0.554. The predicted molar refractivity (Wildman–Crippen MR) is 123 cm³/mol. The Morgan fingerprint density at radius 1 is 1.33 bits per heavy atom. The summed E-state index contributed by atoms with van der Waals surface area (Å²) >= 11 is 18.5. The summed E-state index contributed by atoms with van der Waals surface area (Å²) in [6.45, 7) is 3.61. The SMILES string of the molecule is CC1(C)SC(=S)N(/N=C\c2c(F)cccc2Cl)[C@H]1N(O)C(=O)Nc1ccc(Cl)cc1. The average Bonchev–Trinajstić information content (AvgIpc) is 2.90. The number of thiocarbonyl (C=S) groups is 1. The minimum atomic E-state index is -0.955. The van der Waals surface area contributed by atoms with Gasteiger partial charge in [-0.2, -0.15) is 10.2 Å². The quantitative estimate of drug-likeness (QED) is 0.246. The van der Waals surface area contributed by atoms with Crippen molar-refractivity contribution < 1.29 is 14.4 Å². The summed E-state index contributed by atoms with van der Waals surface area (Å²) in [6.07, 6.45) is 0.258. The molecule has 0 bridgehead atoms. The topological polar surface area (TPSA) is 68.2 Å². The van der Waals surface area contributed by atoms with Crippen molar-refractivity contribution in [1.82, 2.24) is 10.1 Å². The monoisotopic (exact) mass is 486 g/mol. The van der Waals surface area contributed by atoms with Crippen molar-refractivity contribution >= 4 is 69.4 Å². The van der Waals surface area contributed by atoms with Crippen LogP contribution < -0.4 is 5.32 Å². The van der Waals surface area contributed by atoms with E-state index in [4.69, 9.17) is 35.4 Å². The first-order valence-electron chi connectivity index (χ1n) is 8.65. The molecule has 0 spiro atoms. The molecule has 3 rings (SSSR count). The number of nitrogens with one attached hydrogen (secondary N) is 1. The standard InChI is InChI=1S/C19H17Cl2FN4O2S2/c1-19(2)16(26(28)17(27)24-12-8-6-11(20)7-9-12)25(18(29)30-19)23-10-13-14(21)4-3-5-15(13)22/h3-10,16,28H,1-2H3,(H,24,27)/b23-10-/t16-/m0/s1. The van der Waals surface area contributed by atoms with E-state index in [1.807, 2.05) is 0 Å². The Hall–Kier alpha value is -1.91. The van der Waals surface area contributed by atoms with Gasteiger partial charge in [0, 0.05) is 16.3 Å². The summed E-state index contributed by atoms with van der Waals surface area (Å²) in [5, 5.41) is 20.0. The summed E-state index contributed by atoms with van der Waals surface area (Å²) < 4.78 is 13.7. The van der Waals surface area contributed by atoms with Crippen molar-refractivity contribution in [3.05, 3.63) is 63.9 Å². The van der Waals surface area contributed by atoms with Gasteiger partial charge in [0.25, 0.3) is 0 Å². The maximum Gasteiger partial charge on any atom is 0.347 e. The molecule has 0 radical (unpaired) electrons. The van der Waals surface area contributed by atoms with E-state index in [2.05, 4.69) is 10.4 Å². The zero-order valence-corrected chi connectivity index (χ0v) is 19.0. The molecule has 0 aliphatic carbocycles. The van der Waals surface area contributed by atoms with Crippen LogP contribution in [0.25, 0.3) is 0 Å². The highest BCUT2D eigenvalue weighted by Crippen LogP contribution is 2.42. The number of benzene rings is 2. The van der Waals surface area contributed by atoms with Gasteiger partial charge in [-0.05, 0) is 50.2 Å². The second-order valence-electron chi connectivity index (χ2n) is 6.85. The van der Waals surface area contributed by atoms with Gasteiger partial charge in [0.05, 0.1) is 16.0 Å². The molecular weight excluding hydrogens is 470 g/mol. The Morgan fingerprint density at radius 2 is 2.00 bits per heavy atom. The van der Waals surface area contributed by atoms with Crippen LogP contribution in [0.3, 0.4) is 0 Å². The van der Waals surface area contributed by atoms with Gasteiger partial charge in [0.2, 0.25) is 0 Å². The van der Waals surface area contributed by atoms with E-state index >= 15 is 0 Å². The van der Waals surface area contributed by atoms with E-state index in [0.29, 0.717) is 20.1 Å². The van der Waals surface area contributed by atoms with Gasteiger partial charge in [-0.15, -0.1) is 0 Å². The van der Waals surface area contributed by atoms with Crippen LogP contribution in [0.1, 0.15) is 19.4 Å². The number of halogens is 3. The van der Waals surface area contributed by atoms with Gasteiger partial charge in [-0.25, -0.2) is 14.2 Å². The van der Waals surface area contributed by atoms with Gasteiger partial charge in [-0.3, -0.25) is 5.21 Å². The smallest absolute Gasteiger partial charge is 0.306 e. The Labute approximate surface area is 192 Å². The van der Waals surface area contributed by atoms with E-state index in [1.165, 1.54) is 41.2 Å². The number of carbonyl (C=O) groups excluding carboxylic acids is 1. The molecule has 1 saturated heterocycles. The summed E-state index contributed by atoms with van der Waals surface area (Å²) in [7, 11) is 0. The van der Waals surface area contributed by atoms with Crippen LogP contribution in [0.4, 0.5) is 14.9 Å². The van der Waals surface area contributed by atoms with Crippen LogP contribution in [-0.4, -0.2) is 42.8 Å². The highest BCUT2D eigenvalue weighted by Gasteiger charge is 2.50. The largest absolute Gasteiger partial charge is 0.347 e. The number of hydrogen-bond donors (Lipinski definition) is 2. The molecule has 1 aliphatic rings. The number of thioether (sulfide) groups is 1. The van der Waals surface area contributed by atoms with E-state index in [-0.39, 0.29) is 10.6 Å². The maximum atomic E-state index is 14.1. The van der Waals surface area contributed by atoms with Crippen molar-refractivity contribution in [2.75, 3.05) is 5.32 Å². The molecule has 2 N–H and O–H groups in total. The number of hydroxylamine groups is 2. The molecule has 2 aromatic rings. The summed E-state index contributed by atoms with van der Waals surface area (Å²) in [5.41, 5.74) is 0.521. The Bertz CT molecular complexity index is 984. The van der Waals surface area contributed by atoms with Crippen LogP contribution >= 0.6 is 47.2 Å². The fourth-order valence-corrected chi connectivity index (χ4v) is 4.93. The van der Waals surface area contributed by atoms with E-state index in [9.17, 15) is 14.4 Å². The van der Waals surface area contributed by atoms with Crippen molar-refractivity contribution in [3.63, 3.8) is 0 Å². The van der Waals surface area contributed by atoms with Gasteiger partial charge in [0.1, 0.15) is 5.82 Å². The lowest BCUT2D eigenvalue weighted by atomic mass is 10.1. The summed E-state index contributed by atoms with van der Waals surface area (Å²) in [4.78, 5) is 12.6. The highest BCUT2D eigenvalue weighted by atomic mass is 35.5. The third-order valence-electron chi connectivity index (χ3n) is 4.24. The number of amides is 2. The fraction of sp³-hybridized carbons (Fsp3) is 0.211. The van der Waals surface area contributed by atoms with Crippen LogP contribution in [0, 0.1) is 5.82 Å². The fourth-order valence-electron chi connectivity index (χ4n) is 2.81. The Kier molecular flexibility index (Phi) is 6.88. The van der Waals surface area contributed by atoms with E-state index in [1.54, 1.807) is 38.1 Å². The van der Waals surface area contributed by atoms with Crippen molar-refractivity contribution in [2.24, 2.45) is 5.10 Å². The van der Waals surface area contributed by atoms with Gasteiger partial charge < -0.3 is 5.32 Å². The molecule has 11 heteroatoms. The second-order valence-corrected chi connectivity index (χ2v) is 9.98. The normalized spacial score (nSPS) is 18.1. The molecule has 1 fully saturated rings. The third kappa shape index (κ3) is 4.87. The van der Waals surface area contributed by atoms with Gasteiger partial charge >= 0.3 is 6.03 Å². The number of hydrazone groups is 1. The number of rotatable bonds is 4. The molecule has 2 aromatic carbocycles. The van der Waals surface area contributed by atoms with Crippen LogP contribution in [-0.2, 0) is 0 Å². The molecule has 0 unspecified atom stereocenters. The first kappa shape index (κ1) is 22.8. The molecule has 158 valence electrons. The van der Waals surface area contributed by atoms with Crippen LogP contribution in [0.5, 0.6) is 0 Å². The van der Waals surface area contributed by atoms with Gasteiger partial charge in [-0.1, -0.05) is 53.2 Å². The zero-order chi connectivity index (χ0) is 22.1. The van der Waals surface area contributed by atoms with Crippen LogP contribution in [0.2, 0.25) is 10.0 Å². The molecular formula is C19H17Cl2FN4O2S2. The van der Waals surface area contributed by atoms with E-state index < -0.39 is 22.8 Å². The molecule has 1 aliphatic heterocycles. The maximum absolute atomic E-state index is 14.1. The molecule has 0 aromatic heterocycles. The summed E-state index contributed by atoms with van der Waals surface area (Å²) in [6, 6.07) is 9.90. The van der Waals surface area contributed by atoms with Gasteiger partial charge in [0.15, 0.2) is 10.5 Å². The zero-order valence-electron chi connectivity index (χ0n) is 15.8. The predicted octanol–water partition coefficient (Wildman–Crippen LogP) is 5.83. The van der Waals surface area contributed by atoms with E-state index in [0.717, 1.165) is 0 Å². The molecule has 0 saturated carbocycles. The Morgan fingerprint density at radius 3 is 2.63 bits per heavy atom. The van der Waals surface area contributed by atoms with Crippen molar-refractivity contribution in [3.8, 4) is 0 Å². The number of nitrogens with zero attached hydrogens (tertiary/aromatic N) is 3. The number of hydrogen-bond acceptors (Lipinski definition) is 5.